The summed E-state index contributed by atoms with van der Waals surface area (Å²) in [5, 5.41) is 8.59. The molecule has 1 N–H and O–H groups in total. The minimum absolute atomic E-state index is 0.0857. The predicted octanol–water partition coefficient (Wildman–Crippen LogP) is 4.89. The Morgan fingerprint density at radius 1 is 1.19 bits per heavy atom. The highest BCUT2D eigenvalue weighted by Crippen LogP contribution is 2.29. The molecule has 0 aliphatic heterocycles. The standard InChI is InChI=1S/C24H22ClFN4O2/c1-30(12-4-7-18-14-21(29-28-18)16-5-2-6-17(26)13-16)23(31)15-32-22-10-9-20(25)19-8-3-11-27-24(19)22/h2-3,5-6,8-11,13-14H,4,7,12,15H2,1H3,(H,28,29). The fourth-order valence-corrected chi connectivity index (χ4v) is 3.61. The van der Waals surface area contributed by atoms with Gasteiger partial charge in [-0.3, -0.25) is 14.9 Å². The number of amides is 1. The average molecular weight is 453 g/mol. The number of ether oxygens (including phenoxy) is 1. The Kier molecular flexibility index (Phi) is 6.66. The van der Waals surface area contributed by atoms with Gasteiger partial charge in [0.05, 0.1) is 10.7 Å². The molecule has 0 atom stereocenters. The zero-order valence-corrected chi connectivity index (χ0v) is 18.3. The molecular formula is C24H22ClFN4O2. The van der Waals surface area contributed by atoms with E-state index >= 15 is 0 Å². The molecule has 0 aliphatic carbocycles. The van der Waals surface area contributed by atoms with Crippen molar-refractivity contribution in [3.63, 3.8) is 0 Å². The maximum absolute atomic E-state index is 13.4. The summed E-state index contributed by atoms with van der Waals surface area (Å²) in [5.74, 6) is 0.0972. The summed E-state index contributed by atoms with van der Waals surface area (Å²) >= 11 is 6.20. The summed E-state index contributed by atoms with van der Waals surface area (Å²) in [6.07, 6.45) is 3.12. The first kappa shape index (κ1) is 21.8. The van der Waals surface area contributed by atoms with Crippen LogP contribution in [0.4, 0.5) is 4.39 Å². The summed E-state index contributed by atoms with van der Waals surface area (Å²) in [5.41, 5.74) is 2.98. The Morgan fingerprint density at radius 2 is 2.06 bits per heavy atom. The van der Waals surface area contributed by atoms with Crippen molar-refractivity contribution < 1.29 is 13.9 Å². The smallest absolute Gasteiger partial charge is 0.260 e. The van der Waals surface area contributed by atoms with Crippen molar-refractivity contribution in [1.82, 2.24) is 20.1 Å². The van der Waals surface area contributed by atoms with Gasteiger partial charge in [0.1, 0.15) is 17.1 Å². The van der Waals surface area contributed by atoms with Crippen LogP contribution in [0.1, 0.15) is 12.1 Å². The van der Waals surface area contributed by atoms with E-state index in [-0.39, 0.29) is 18.3 Å². The maximum atomic E-state index is 13.4. The number of halogens is 2. The fraction of sp³-hybridized carbons (Fsp3) is 0.208. The number of hydrogen-bond donors (Lipinski definition) is 1. The molecule has 2 aromatic heterocycles. The van der Waals surface area contributed by atoms with Crippen LogP contribution in [0.25, 0.3) is 22.2 Å². The van der Waals surface area contributed by atoms with E-state index in [1.54, 1.807) is 42.4 Å². The van der Waals surface area contributed by atoms with Crippen LogP contribution in [0.5, 0.6) is 5.75 Å². The van der Waals surface area contributed by atoms with Gasteiger partial charge >= 0.3 is 0 Å². The SMILES string of the molecule is CN(CCCc1cc(-c2cccc(F)c2)n[nH]1)C(=O)COc1ccc(Cl)c2cccnc12. The molecule has 4 aromatic rings. The third-order valence-corrected chi connectivity index (χ3v) is 5.48. The van der Waals surface area contributed by atoms with E-state index < -0.39 is 0 Å². The molecule has 2 heterocycles. The van der Waals surface area contributed by atoms with Crippen molar-refractivity contribution in [2.24, 2.45) is 0 Å². The number of benzene rings is 2. The lowest BCUT2D eigenvalue weighted by molar-refractivity contribution is -0.132. The minimum atomic E-state index is -0.295. The van der Waals surface area contributed by atoms with Gasteiger partial charge in [0, 0.05) is 36.4 Å². The van der Waals surface area contributed by atoms with E-state index in [0.717, 1.165) is 23.1 Å². The second kappa shape index (κ2) is 9.78. The number of nitrogens with zero attached hydrogens (tertiary/aromatic N) is 3. The maximum Gasteiger partial charge on any atom is 0.260 e. The van der Waals surface area contributed by atoms with Crippen LogP contribution < -0.4 is 4.74 Å². The Bertz CT molecular complexity index is 1240. The number of likely N-dealkylation sites (N-methyl/N-ethyl adjacent to an activating group) is 1. The van der Waals surface area contributed by atoms with E-state index in [1.807, 2.05) is 18.2 Å². The molecule has 2 aromatic carbocycles. The van der Waals surface area contributed by atoms with E-state index in [1.165, 1.54) is 12.1 Å². The van der Waals surface area contributed by atoms with E-state index in [2.05, 4.69) is 15.2 Å². The second-order valence-corrected chi connectivity index (χ2v) is 7.85. The number of aromatic amines is 1. The lowest BCUT2D eigenvalue weighted by Crippen LogP contribution is -2.32. The first-order valence-corrected chi connectivity index (χ1v) is 10.6. The molecule has 1 amide bonds. The lowest BCUT2D eigenvalue weighted by Gasteiger charge is -2.17. The van der Waals surface area contributed by atoms with Crippen LogP contribution >= 0.6 is 11.6 Å². The summed E-state index contributed by atoms with van der Waals surface area (Å²) in [6, 6.07) is 15.3. The predicted molar refractivity (Wildman–Crippen MR) is 122 cm³/mol. The Morgan fingerprint density at radius 3 is 2.91 bits per heavy atom. The highest BCUT2D eigenvalue weighted by atomic mass is 35.5. The number of H-pyrrole nitrogens is 1. The zero-order chi connectivity index (χ0) is 22.5. The molecular weight excluding hydrogens is 431 g/mol. The number of fused-ring (bicyclic) bond motifs is 1. The zero-order valence-electron chi connectivity index (χ0n) is 17.5. The van der Waals surface area contributed by atoms with Crippen molar-refractivity contribution in [2.75, 3.05) is 20.2 Å². The number of carbonyl (C=O) groups excluding carboxylic acids is 1. The first-order chi connectivity index (χ1) is 15.5. The Labute approximate surface area is 190 Å². The van der Waals surface area contributed by atoms with Crippen molar-refractivity contribution >= 4 is 28.4 Å². The molecule has 0 bridgehead atoms. The molecule has 0 radical (unpaired) electrons. The molecule has 32 heavy (non-hydrogen) atoms. The van der Waals surface area contributed by atoms with Crippen LogP contribution in [-0.4, -0.2) is 46.2 Å². The number of nitrogens with one attached hydrogen (secondary N) is 1. The number of rotatable bonds is 8. The minimum Gasteiger partial charge on any atom is -0.481 e. The number of carbonyl (C=O) groups is 1. The van der Waals surface area contributed by atoms with Crippen molar-refractivity contribution in [3.05, 3.63) is 77.3 Å². The number of aromatic nitrogens is 3. The summed E-state index contributed by atoms with van der Waals surface area (Å²) in [6.45, 7) is 0.480. The third-order valence-electron chi connectivity index (χ3n) is 5.15. The number of pyridine rings is 1. The summed E-state index contributed by atoms with van der Waals surface area (Å²) < 4.78 is 19.1. The summed E-state index contributed by atoms with van der Waals surface area (Å²) in [7, 11) is 1.75. The molecule has 0 aliphatic rings. The van der Waals surface area contributed by atoms with E-state index in [9.17, 15) is 9.18 Å². The molecule has 0 saturated heterocycles. The van der Waals surface area contributed by atoms with Gasteiger partial charge in [0.25, 0.3) is 5.91 Å². The summed E-state index contributed by atoms with van der Waals surface area (Å²) in [4.78, 5) is 18.4. The molecule has 8 heteroatoms. The molecule has 6 nitrogen and oxygen atoms in total. The lowest BCUT2D eigenvalue weighted by atomic mass is 10.1. The van der Waals surface area contributed by atoms with Crippen LogP contribution in [0.2, 0.25) is 5.02 Å². The van der Waals surface area contributed by atoms with Gasteiger partial charge in [-0.05, 0) is 55.3 Å². The quantitative estimate of drug-likeness (QED) is 0.413. The highest BCUT2D eigenvalue weighted by molar-refractivity contribution is 6.35. The van der Waals surface area contributed by atoms with Gasteiger partial charge in [0.15, 0.2) is 6.61 Å². The normalized spacial score (nSPS) is 11.0. The van der Waals surface area contributed by atoms with Crippen molar-refractivity contribution in [2.45, 2.75) is 12.8 Å². The largest absolute Gasteiger partial charge is 0.481 e. The second-order valence-electron chi connectivity index (χ2n) is 7.44. The fourth-order valence-electron chi connectivity index (χ4n) is 3.39. The Hall–Kier alpha value is -3.45. The van der Waals surface area contributed by atoms with Gasteiger partial charge in [-0.2, -0.15) is 5.10 Å². The topological polar surface area (TPSA) is 71.1 Å². The van der Waals surface area contributed by atoms with Gasteiger partial charge < -0.3 is 9.64 Å². The van der Waals surface area contributed by atoms with Crippen molar-refractivity contribution in [1.29, 1.82) is 0 Å². The third kappa shape index (κ3) is 5.06. The number of hydrogen-bond acceptors (Lipinski definition) is 4. The monoisotopic (exact) mass is 452 g/mol. The van der Waals surface area contributed by atoms with Crippen LogP contribution in [0.3, 0.4) is 0 Å². The van der Waals surface area contributed by atoms with Gasteiger partial charge in [-0.25, -0.2) is 4.39 Å². The molecule has 0 fully saturated rings. The molecule has 164 valence electrons. The first-order valence-electron chi connectivity index (χ1n) is 10.2. The van der Waals surface area contributed by atoms with Crippen LogP contribution in [0, 0.1) is 5.82 Å². The number of aryl methyl sites for hydroxylation is 1. The average Bonchev–Trinajstić information content (AvgIpc) is 3.27. The van der Waals surface area contributed by atoms with Crippen LogP contribution in [-0.2, 0) is 11.2 Å². The van der Waals surface area contributed by atoms with Gasteiger partial charge in [-0.15, -0.1) is 0 Å². The molecule has 0 unspecified atom stereocenters. The van der Waals surface area contributed by atoms with Crippen LogP contribution in [0.15, 0.2) is 60.8 Å². The van der Waals surface area contributed by atoms with E-state index in [0.29, 0.717) is 34.9 Å². The van der Waals surface area contributed by atoms with Crippen molar-refractivity contribution in [3.8, 4) is 17.0 Å². The van der Waals surface area contributed by atoms with E-state index in [4.69, 9.17) is 16.3 Å². The highest BCUT2D eigenvalue weighted by Gasteiger charge is 2.13. The Balaban J connectivity index is 1.27. The molecule has 0 spiro atoms. The molecule has 0 saturated carbocycles. The van der Waals surface area contributed by atoms with Gasteiger partial charge in [-0.1, -0.05) is 23.7 Å². The van der Waals surface area contributed by atoms with Gasteiger partial charge in [0.2, 0.25) is 0 Å². The molecule has 4 rings (SSSR count).